The summed E-state index contributed by atoms with van der Waals surface area (Å²) in [5, 5.41) is 9.16. The Morgan fingerprint density at radius 2 is 2.17 bits per heavy atom. The number of aliphatic hydroxyl groups excluding tert-OH is 1. The fourth-order valence-corrected chi connectivity index (χ4v) is 1.22. The van der Waals surface area contributed by atoms with Crippen molar-refractivity contribution in [3.8, 4) is 0 Å². The third-order valence-corrected chi connectivity index (χ3v) is 1.99. The van der Waals surface area contributed by atoms with Crippen molar-refractivity contribution < 1.29 is 14.6 Å². The number of nitrogens with zero attached hydrogens (tertiary/aromatic N) is 1. The van der Waals surface area contributed by atoms with Crippen LogP contribution in [0.4, 0.5) is 4.79 Å². The Kier molecular flexibility index (Phi) is 3.56. The van der Waals surface area contributed by atoms with Gasteiger partial charge in [-0.05, 0) is 25.9 Å². The molecule has 12 heavy (non-hydrogen) atoms. The molecule has 0 spiro atoms. The standard InChI is InChI=1S/C7H13BNO3/c1-12-7(11)8-9-4-2-6(10)3-5-9/h6,10H,2-5H2,1H3. The van der Waals surface area contributed by atoms with Crippen LogP contribution in [0.5, 0.6) is 0 Å². The number of methoxy groups -OCH3 is 1. The van der Waals surface area contributed by atoms with E-state index in [9.17, 15) is 4.79 Å². The number of hydrogen-bond donors (Lipinski definition) is 1. The van der Waals surface area contributed by atoms with Crippen LogP contribution in [0.2, 0.25) is 0 Å². The van der Waals surface area contributed by atoms with Gasteiger partial charge in [0, 0.05) is 0 Å². The summed E-state index contributed by atoms with van der Waals surface area (Å²) in [6, 6.07) is 0. The molecule has 1 aliphatic heterocycles. The molecular weight excluding hydrogens is 157 g/mol. The average molecular weight is 170 g/mol. The van der Waals surface area contributed by atoms with E-state index >= 15 is 0 Å². The van der Waals surface area contributed by atoms with Crippen molar-refractivity contribution >= 4 is 13.3 Å². The molecule has 0 unspecified atom stereocenters. The molecule has 0 aliphatic carbocycles. The molecule has 1 heterocycles. The Balaban J connectivity index is 2.21. The van der Waals surface area contributed by atoms with Crippen molar-refractivity contribution in [3.05, 3.63) is 0 Å². The first kappa shape index (κ1) is 9.54. The summed E-state index contributed by atoms with van der Waals surface area (Å²) in [5.41, 5.74) is 0. The minimum Gasteiger partial charge on any atom is -0.476 e. The molecule has 5 heteroatoms. The van der Waals surface area contributed by atoms with Gasteiger partial charge in [0.1, 0.15) is 0 Å². The van der Waals surface area contributed by atoms with Crippen molar-refractivity contribution in [2.24, 2.45) is 0 Å². The Bertz CT molecular complexity index is 157. The summed E-state index contributed by atoms with van der Waals surface area (Å²) in [4.78, 5) is 12.7. The smallest absolute Gasteiger partial charge is 0.357 e. The highest BCUT2D eigenvalue weighted by atomic mass is 16.5. The summed E-state index contributed by atoms with van der Waals surface area (Å²) in [6.07, 6.45) is 1.26. The van der Waals surface area contributed by atoms with Crippen LogP contribution in [0.25, 0.3) is 0 Å². The van der Waals surface area contributed by atoms with Gasteiger partial charge in [0.2, 0.25) is 0 Å². The van der Waals surface area contributed by atoms with Crippen molar-refractivity contribution in [2.75, 3.05) is 20.2 Å². The van der Waals surface area contributed by atoms with Gasteiger partial charge in [-0.2, -0.15) is 0 Å². The van der Waals surface area contributed by atoms with Gasteiger partial charge in [0.15, 0.2) is 0 Å². The molecule has 0 atom stereocenters. The maximum absolute atomic E-state index is 10.8. The monoisotopic (exact) mass is 170 g/mol. The van der Waals surface area contributed by atoms with Crippen molar-refractivity contribution in [1.82, 2.24) is 4.81 Å². The van der Waals surface area contributed by atoms with Crippen LogP contribution >= 0.6 is 0 Å². The highest BCUT2D eigenvalue weighted by Crippen LogP contribution is 2.08. The first-order valence-corrected chi connectivity index (χ1v) is 4.07. The van der Waals surface area contributed by atoms with Gasteiger partial charge in [0.05, 0.1) is 13.2 Å². The zero-order valence-electron chi connectivity index (χ0n) is 7.19. The van der Waals surface area contributed by atoms with Crippen LogP contribution in [0, 0.1) is 0 Å². The second-order valence-electron chi connectivity index (χ2n) is 2.92. The van der Waals surface area contributed by atoms with Crippen molar-refractivity contribution in [2.45, 2.75) is 18.9 Å². The van der Waals surface area contributed by atoms with Gasteiger partial charge in [-0.25, -0.2) is 0 Å². The SMILES string of the molecule is COC(=O)[B]N1CCC(O)CC1. The zero-order valence-corrected chi connectivity index (χ0v) is 7.19. The van der Waals surface area contributed by atoms with E-state index in [1.165, 1.54) is 14.5 Å². The highest BCUT2D eigenvalue weighted by molar-refractivity contribution is 6.69. The molecule has 1 N–H and O–H groups in total. The van der Waals surface area contributed by atoms with Gasteiger partial charge < -0.3 is 14.7 Å². The van der Waals surface area contributed by atoms with E-state index < -0.39 is 0 Å². The van der Waals surface area contributed by atoms with Gasteiger partial charge in [-0.15, -0.1) is 0 Å². The molecule has 0 saturated carbocycles. The third-order valence-electron chi connectivity index (χ3n) is 1.99. The van der Waals surface area contributed by atoms with Crippen LogP contribution in [0.3, 0.4) is 0 Å². The van der Waals surface area contributed by atoms with Gasteiger partial charge in [-0.1, -0.05) is 0 Å². The first-order valence-electron chi connectivity index (χ1n) is 4.07. The van der Waals surface area contributed by atoms with Gasteiger partial charge in [0.25, 0.3) is 5.87 Å². The number of ether oxygens (including phenoxy) is 1. The van der Waals surface area contributed by atoms with E-state index in [-0.39, 0.29) is 12.0 Å². The molecule has 1 radical (unpaired) electrons. The van der Waals surface area contributed by atoms with E-state index in [2.05, 4.69) is 4.74 Å². The summed E-state index contributed by atoms with van der Waals surface area (Å²) in [6.45, 7) is 1.46. The molecule has 67 valence electrons. The largest absolute Gasteiger partial charge is 0.476 e. The molecule has 0 aromatic rings. The number of piperidine rings is 1. The predicted octanol–water partition coefficient (Wildman–Crippen LogP) is -0.171. The van der Waals surface area contributed by atoms with Crippen LogP contribution in [0.1, 0.15) is 12.8 Å². The lowest BCUT2D eigenvalue weighted by Gasteiger charge is -2.27. The lowest BCUT2D eigenvalue weighted by atomic mass is 9.88. The molecule has 4 nitrogen and oxygen atoms in total. The second kappa shape index (κ2) is 4.47. The minimum atomic E-state index is -0.327. The van der Waals surface area contributed by atoms with E-state index in [0.29, 0.717) is 0 Å². The summed E-state index contributed by atoms with van der Waals surface area (Å²) in [7, 11) is 2.81. The molecule has 0 aromatic carbocycles. The number of rotatable bonds is 2. The number of aliphatic hydroxyl groups is 1. The molecule has 0 bridgehead atoms. The Hall–Kier alpha value is -0.545. The van der Waals surface area contributed by atoms with E-state index in [4.69, 9.17) is 5.11 Å². The van der Waals surface area contributed by atoms with E-state index in [1.807, 2.05) is 4.81 Å². The van der Waals surface area contributed by atoms with Crippen LogP contribution in [-0.2, 0) is 4.74 Å². The Morgan fingerprint density at radius 3 is 2.67 bits per heavy atom. The van der Waals surface area contributed by atoms with Crippen LogP contribution in [0.15, 0.2) is 0 Å². The lowest BCUT2D eigenvalue weighted by molar-refractivity contribution is 0.111. The minimum absolute atomic E-state index is 0.202. The second-order valence-corrected chi connectivity index (χ2v) is 2.92. The van der Waals surface area contributed by atoms with E-state index in [1.54, 1.807) is 0 Å². The summed E-state index contributed by atoms with van der Waals surface area (Å²) in [5.74, 6) is -0.327. The van der Waals surface area contributed by atoms with Gasteiger partial charge >= 0.3 is 7.41 Å². The fourth-order valence-electron chi connectivity index (χ4n) is 1.22. The van der Waals surface area contributed by atoms with Gasteiger partial charge in [-0.3, -0.25) is 4.79 Å². The molecule has 0 amide bonds. The third kappa shape index (κ3) is 2.83. The molecule has 1 aliphatic rings. The Labute approximate surface area is 72.8 Å². The highest BCUT2D eigenvalue weighted by Gasteiger charge is 2.20. The molecular formula is C7H13BNO3. The predicted molar refractivity (Wildman–Crippen MR) is 45.0 cm³/mol. The number of carbonyl (C=O) groups is 1. The quantitative estimate of drug-likeness (QED) is 0.584. The Morgan fingerprint density at radius 1 is 1.58 bits per heavy atom. The molecule has 1 saturated heterocycles. The maximum atomic E-state index is 10.8. The first-order chi connectivity index (χ1) is 5.72. The van der Waals surface area contributed by atoms with E-state index in [0.717, 1.165) is 25.9 Å². The number of hydrogen-bond acceptors (Lipinski definition) is 4. The fraction of sp³-hybridized carbons (Fsp3) is 0.857. The summed E-state index contributed by atoms with van der Waals surface area (Å²) >= 11 is 0. The lowest BCUT2D eigenvalue weighted by Crippen LogP contribution is -2.41. The van der Waals surface area contributed by atoms with Crippen LogP contribution in [-0.4, -0.2) is 49.5 Å². The molecule has 0 aromatic heterocycles. The molecule has 1 fully saturated rings. The topological polar surface area (TPSA) is 49.8 Å². The maximum Gasteiger partial charge on any atom is 0.357 e. The van der Waals surface area contributed by atoms with Crippen molar-refractivity contribution in [3.63, 3.8) is 0 Å². The van der Waals surface area contributed by atoms with Crippen LogP contribution < -0.4 is 0 Å². The normalized spacial score (nSPS) is 20.5. The summed E-state index contributed by atoms with van der Waals surface area (Å²) < 4.78 is 4.48. The average Bonchev–Trinajstić information content (AvgIpc) is 2.09. The zero-order chi connectivity index (χ0) is 8.97. The molecule has 1 rings (SSSR count). The van der Waals surface area contributed by atoms with Crippen molar-refractivity contribution in [1.29, 1.82) is 0 Å². The number of carbonyl (C=O) groups excluding carboxylic acids is 1.